The van der Waals surface area contributed by atoms with Crippen LogP contribution in [0.2, 0.25) is 0 Å². The van der Waals surface area contributed by atoms with E-state index in [1.165, 1.54) is 7.11 Å². The van der Waals surface area contributed by atoms with E-state index in [-0.39, 0.29) is 23.7 Å². The minimum absolute atomic E-state index is 0.0536. The molecule has 0 aromatic heterocycles. The fourth-order valence-electron chi connectivity index (χ4n) is 3.24. The molecule has 1 aliphatic heterocycles. The van der Waals surface area contributed by atoms with E-state index in [0.29, 0.717) is 5.92 Å². The number of fused-ring (bicyclic) bond motifs is 1. The normalized spacial score (nSPS) is 49.9. The molecule has 0 spiro atoms. The van der Waals surface area contributed by atoms with Gasteiger partial charge in [0.1, 0.15) is 5.54 Å². The molecule has 13 heavy (non-hydrogen) atoms. The minimum atomic E-state index is -0.638. The zero-order valence-corrected chi connectivity index (χ0v) is 7.37. The van der Waals surface area contributed by atoms with Gasteiger partial charge in [0.2, 0.25) is 5.91 Å². The molecule has 1 amide bonds. The fourth-order valence-corrected chi connectivity index (χ4v) is 3.24. The molecule has 4 nitrogen and oxygen atoms in total. The van der Waals surface area contributed by atoms with Gasteiger partial charge in [-0.05, 0) is 18.8 Å². The lowest BCUT2D eigenvalue weighted by Gasteiger charge is -2.23. The van der Waals surface area contributed by atoms with Crippen LogP contribution in [0.5, 0.6) is 0 Å². The summed E-state index contributed by atoms with van der Waals surface area (Å²) in [5, 5.41) is 2.80. The van der Waals surface area contributed by atoms with Crippen molar-refractivity contribution in [2.75, 3.05) is 7.11 Å². The Kier molecular flexibility index (Phi) is 1.07. The largest absolute Gasteiger partial charge is 0.467 e. The SMILES string of the molecule is COC(=O)[C@@]12CC[C@@H]3[C@H](C(=O)N1)[C@H]32. The van der Waals surface area contributed by atoms with Crippen LogP contribution in [0.3, 0.4) is 0 Å². The quantitative estimate of drug-likeness (QED) is 0.564. The molecular weight excluding hydrogens is 170 g/mol. The molecule has 0 bridgehead atoms. The average molecular weight is 181 g/mol. The van der Waals surface area contributed by atoms with Gasteiger partial charge in [0, 0.05) is 11.8 Å². The van der Waals surface area contributed by atoms with Crippen molar-refractivity contribution < 1.29 is 14.3 Å². The van der Waals surface area contributed by atoms with Crippen LogP contribution in [-0.2, 0) is 14.3 Å². The third-order valence-corrected chi connectivity index (χ3v) is 3.81. The van der Waals surface area contributed by atoms with Gasteiger partial charge < -0.3 is 10.1 Å². The number of piperidine rings is 1. The zero-order valence-electron chi connectivity index (χ0n) is 7.37. The zero-order chi connectivity index (χ0) is 9.22. The lowest BCUT2D eigenvalue weighted by Crippen LogP contribution is -2.51. The summed E-state index contributed by atoms with van der Waals surface area (Å²) in [6, 6.07) is 0. The van der Waals surface area contributed by atoms with Gasteiger partial charge in [-0.15, -0.1) is 0 Å². The molecule has 70 valence electrons. The van der Waals surface area contributed by atoms with Gasteiger partial charge in [0.25, 0.3) is 0 Å². The smallest absolute Gasteiger partial charge is 0.331 e. The van der Waals surface area contributed by atoms with Crippen molar-refractivity contribution in [3.05, 3.63) is 0 Å². The van der Waals surface area contributed by atoms with Crippen LogP contribution in [0.25, 0.3) is 0 Å². The predicted molar refractivity (Wildman–Crippen MR) is 42.6 cm³/mol. The summed E-state index contributed by atoms with van der Waals surface area (Å²) in [5.74, 6) is 0.624. The Bertz CT molecular complexity index is 314. The molecule has 4 heteroatoms. The summed E-state index contributed by atoms with van der Waals surface area (Å²) in [5.41, 5.74) is -0.638. The number of carbonyl (C=O) groups excluding carboxylic acids is 2. The number of ether oxygens (including phenoxy) is 1. The number of nitrogens with one attached hydrogen (secondary N) is 1. The molecule has 4 atom stereocenters. The third kappa shape index (κ3) is 0.607. The Morgan fingerprint density at radius 2 is 2.46 bits per heavy atom. The van der Waals surface area contributed by atoms with E-state index in [9.17, 15) is 9.59 Å². The maximum Gasteiger partial charge on any atom is 0.331 e. The van der Waals surface area contributed by atoms with Crippen molar-refractivity contribution in [3.8, 4) is 0 Å². The molecule has 3 aliphatic rings. The molecular formula is C9H11NO3. The monoisotopic (exact) mass is 181 g/mol. The van der Waals surface area contributed by atoms with Crippen molar-refractivity contribution in [1.29, 1.82) is 0 Å². The van der Waals surface area contributed by atoms with E-state index in [4.69, 9.17) is 4.74 Å². The second kappa shape index (κ2) is 1.89. The first-order valence-electron chi connectivity index (χ1n) is 4.61. The molecule has 1 heterocycles. The average Bonchev–Trinajstić information content (AvgIpc) is 2.69. The molecule has 3 rings (SSSR count). The van der Waals surface area contributed by atoms with Gasteiger partial charge in [0.15, 0.2) is 0 Å². The first-order valence-corrected chi connectivity index (χ1v) is 4.61. The Labute approximate surface area is 75.6 Å². The summed E-state index contributed by atoms with van der Waals surface area (Å²) in [6.45, 7) is 0. The molecule has 1 N–H and O–H groups in total. The maximum atomic E-state index is 11.5. The number of hydrogen-bond acceptors (Lipinski definition) is 3. The second-order valence-electron chi connectivity index (χ2n) is 4.21. The number of amides is 1. The van der Waals surface area contributed by atoms with Crippen molar-refractivity contribution in [2.45, 2.75) is 18.4 Å². The van der Waals surface area contributed by atoms with Gasteiger partial charge in [-0.3, -0.25) is 4.79 Å². The molecule has 0 aromatic rings. The highest BCUT2D eigenvalue weighted by molar-refractivity contribution is 5.98. The first kappa shape index (κ1) is 7.35. The van der Waals surface area contributed by atoms with Crippen molar-refractivity contribution in [1.82, 2.24) is 5.32 Å². The summed E-state index contributed by atoms with van der Waals surface area (Å²) < 4.78 is 4.75. The van der Waals surface area contributed by atoms with E-state index >= 15 is 0 Å². The Morgan fingerprint density at radius 1 is 1.69 bits per heavy atom. The summed E-state index contributed by atoms with van der Waals surface area (Å²) >= 11 is 0. The van der Waals surface area contributed by atoms with Crippen molar-refractivity contribution in [3.63, 3.8) is 0 Å². The van der Waals surface area contributed by atoms with E-state index in [1.807, 2.05) is 0 Å². The number of carbonyl (C=O) groups is 2. The Hall–Kier alpha value is -1.06. The van der Waals surface area contributed by atoms with Crippen LogP contribution >= 0.6 is 0 Å². The number of esters is 1. The van der Waals surface area contributed by atoms with Crippen LogP contribution in [-0.4, -0.2) is 24.5 Å². The third-order valence-electron chi connectivity index (χ3n) is 3.81. The fraction of sp³-hybridized carbons (Fsp3) is 0.778. The summed E-state index contributed by atoms with van der Waals surface area (Å²) in [6.07, 6.45) is 1.75. The molecule has 3 fully saturated rings. The van der Waals surface area contributed by atoms with Crippen molar-refractivity contribution in [2.24, 2.45) is 17.8 Å². The van der Waals surface area contributed by atoms with Gasteiger partial charge in [-0.2, -0.15) is 0 Å². The van der Waals surface area contributed by atoms with E-state index in [0.717, 1.165) is 12.8 Å². The van der Waals surface area contributed by atoms with Crippen LogP contribution in [0.1, 0.15) is 12.8 Å². The van der Waals surface area contributed by atoms with Gasteiger partial charge in [-0.25, -0.2) is 4.79 Å². The topological polar surface area (TPSA) is 55.4 Å². The molecule has 0 unspecified atom stereocenters. The Morgan fingerprint density at radius 3 is 3.08 bits per heavy atom. The molecule has 2 saturated carbocycles. The second-order valence-corrected chi connectivity index (χ2v) is 4.21. The maximum absolute atomic E-state index is 11.5. The highest BCUT2D eigenvalue weighted by atomic mass is 16.5. The predicted octanol–water partition coefficient (Wildman–Crippen LogP) is -0.316. The molecule has 1 saturated heterocycles. The highest BCUT2D eigenvalue weighted by Crippen LogP contribution is 2.66. The van der Waals surface area contributed by atoms with Gasteiger partial charge >= 0.3 is 5.97 Å². The van der Waals surface area contributed by atoms with Gasteiger partial charge in [0.05, 0.1) is 7.11 Å². The highest BCUT2D eigenvalue weighted by Gasteiger charge is 2.76. The summed E-state index contributed by atoms with van der Waals surface area (Å²) in [4.78, 5) is 22.9. The standard InChI is InChI=1S/C9H11NO3/c1-13-8(12)9-3-2-4-5(6(4)9)7(11)10-9/h4-6H,2-3H2,1H3,(H,10,11)/t4-,5+,6+,9+/m1/s1. The van der Waals surface area contributed by atoms with Crippen molar-refractivity contribution >= 4 is 11.9 Å². The lowest BCUT2D eigenvalue weighted by molar-refractivity contribution is -0.149. The van der Waals surface area contributed by atoms with Gasteiger partial charge in [-0.1, -0.05) is 0 Å². The molecule has 0 aromatic carbocycles. The van der Waals surface area contributed by atoms with Crippen LogP contribution in [0, 0.1) is 17.8 Å². The Balaban J connectivity index is 2.00. The number of methoxy groups -OCH3 is 1. The summed E-state index contributed by atoms with van der Waals surface area (Å²) in [7, 11) is 1.38. The van der Waals surface area contributed by atoms with Crippen LogP contribution in [0.4, 0.5) is 0 Å². The van der Waals surface area contributed by atoms with E-state index in [2.05, 4.69) is 5.32 Å². The number of rotatable bonds is 1. The van der Waals surface area contributed by atoms with E-state index in [1.54, 1.807) is 0 Å². The number of hydrogen-bond donors (Lipinski definition) is 1. The molecule has 2 aliphatic carbocycles. The van der Waals surface area contributed by atoms with Crippen LogP contribution < -0.4 is 5.32 Å². The first-order chi connectivity index (χ1) is 6.20. The van der Waals surface area contributed by atoms with E-state index < -0.39 is 5.54 Å². The minimum Gasteiger partial charge on any atom is -0.467 e. The molecule has 0 radical (unpaired) electrons. The van der Waals surface area contributed by atoms with Crippen LogP contribution in [0.15, 0.2) is 0 Å². The lowest BCUT2D eigenvalue weighted by atomic mass is 9.95.